The van der Waals surface area contributed by atoms with Crippen molar-refractivity contribution in [1.29, 1.82) is 5.26 Å². The van der Waals surface area contributed by atoms with Crippen molar-refractivity contribution in [2.75, 3.05) is 0 Å². The summed E-state index contributed by atoms with van der Waals surface area (Å²) in [6.07, 6.45) is 0. The van der Waals surface area contributed by atoms with E-state index in [1.165, 1.54) is 11.8 Å². The molecule has 0 bridgehead atoms. The molecule has 0 aliphatic carbocycles. The molecule has 0 unspecified atom stereocenters. The van der Waals surface area contributed by atoms with Crippen LogP contribution in [0.4, 0.5) is 0 Å². The van der Waals surface area contributed by atoms with Crippen molar-refractivity contribution in [3.05, 3.63) is 63.2 Å². The van der Waals surface area contributed by atoms with Crippen LogP contribution in [0.2, 0.25) is 0 Å². The number of hydrogen-bond donors (Lipinski definition) is 1. The van der Waals surface area contributed by atoms with Gasteiger partial charge in [0.1, 0.15) is 16.8 Å². The molecule has 0 saturated heterocycles. The monoisotopic (exact) mass is 322 g/mol. The highest BCUT2D eigenvalue weighted by atomic mass is 32.2. The molecule has 1 aromatic carbocycles. The van der Waals surface area contributed by atoms with Gasteiger partial charge in [-0.05, 0) is 37.6 Å². The third-order valence-corrected chi connectivity index (χ3v) is 4.43. The topological polar surface area (TPSA) is 82.4 Å². The Bertz CT molecular complexity index is 988. The number of benzene rings is 1. The molecule has 6 heteroatoms. The molecule has 0 aliphatic rings. The molecule has 0 fully saturated rings. The number of nitrogens with one attached hydrogen (secondary N) is 1. The Balaban J connectivity index is 1.94. The molecular formula is C17H14N4OS. The summed E-state index contributed by atoms with van der Waals surface area (Å²) in [5.41, 5.74) is 3.98. The minimum Gasteiger partial charge on any atom is -0.319 e. The van der Waals surface area contributed by atoms with Crippen LogP contribution in [0.3, 0.4) is 0 Å². The van der Waals surface area contributed by atoms with Crippen LogP contribution in [-0.4, -0.2) is 15.0 Å². The zero-order valence-corrected chi connectivity index (χ0v) is 13.6. The fourth-order valence-corrected chi connectivity index (χ4v) is 3.37. The van der Waals surface area contributed by atoms with Crippen LogP contribution in [0.15, 0.2) is 40.2 Å². The van der Waals surface area contributed by atoms with Crippen LogP contribution in [0, 0.1) is 25.2 Å². The van der Waals surface area contributed by atoms with Crippen molar-refractivity contribution in [2.45, 2.75) is 24.6 Å². The van der Waals surface area contributed by atoms with Gasteiger partial charge in [-0.1, -0.05) is 23.9 Å². The first-order chi connectivity index (χ1) is 11.1. The van der Waals surface area contributed by atoms with E-state index in [1.807, 2.05) is 44.2 Å². The molecule has 23 heavy (non-hydrogen) atoms. The summed E-state index contributed by atoms with van der Waals surface area (Å²) in [5.74, 6) is 0.366. The van der Waals surface area contributed by atoms with Gasteiger partial charge in [-0.25, -0.2) is 9.97 Å². The standard InChI is InChI=1S/C17H14N4OS/c1-10-7-11(2)19-17(12(10)8-18)23-9-15-16(22)21-14-6-4-3-5-13(14)20-15/h3-7H,9H2,1-2H3,(H,21,22). The van der Waals surface area contributed by atoms with E-state index in [0.29, 0.717) is 27.6 Å². The Morgan fingerprint density at radius 2 is 2.04 bits per heavy atom. The zero-order chi connectivity index (χ0) is 16.4. The lowest BCUT2D eigenvalue weighted by Crippen LogP contribution is -2.14. The van der Waals surface area contributed by atoms with Gasteiger partial charge in [0.2, 0.25) is 0 Å². The van der Waals surface area contributed by atoms with Crippen molar-refractivity contribution in [2.24, 2.45) is 0 Å². The summed E-state index contributed by atoms with van der Waals surface area (Å²) in [7, 11) is 0. The van der Waals surface area contributed by atoms with Crippen LogP contribution in [-0.2, 0) is 5.75 Å². The molecule has 114 valence electrons. The van der Waals surface area contributed by atoms with Gasteiger partial charge in [0.05, 0.1) is 16.6 Å². The molecule has 3 rings (SSSR count). The quantitative estimate of drug-likeness (QED) is 0.749. The maximum absolute atomic E-state index is 12.1. The molecule has 2 heterocycles. The van der Waals surface area contributed by atoms with Crippen molar-refractivity contribution in [3.8, 4) is 6.07 Å². The number of aromatic nitrogens is 3. The highest BCUT2D eigenvalue weighted by Crippen LogP contribution is 2.25. The number of hydrogen-bond acceptors (Lipinski definition) is 5. The van der Waals surface area contributed by atoms with E-state index in [9.17, 15) is 10.1 Å². The van der Waals surface area contributed by atoms with Gasteiger partial charge in [-0.3, -0.25) is 4.79 Å². The largest absolute Gasteiger partial charge is 0.319 e. The SMILES string of the molecule is Cc1cc(C)c(C#N)c(SCc2nc3ccccc3[nH]c2=O)n1. The van der Waals surface area contributed by atoms with Gasteiger partial charge in [0, 0.05) is 11.4 Å². The Morgan fingerprint density at radius 3 is 2.83 bits per heavy atom. The lowest BCUT2D eigenvalue weighted by molar-refractivity contribution is 1.02. The smallest absolute Gasteiger partial charge is 0.271 e. The van der Waals surface area contributed by atoms with E-state index in [4.69, 9.17) is 0 Å². The molecule has 5 nitrogen and oxygen atoms in total. The summed E-state index contributed by atoms with van der Waals surface area (Å²) >= 11 is 1.36. The summed E-state index contributed by atoms with van der Waals surface area (Å²) < 4.78 is 0. The Morgan fingerprint density at radius 1 is 1.26 bits per heavy atom. The lowest BCUT2D eigenvalue weighted by Gasteiger charge is -2.07. The molecule has 2 aromatic heterocycles. The highest BCUT2D eigenvalue weighted by Gasteiger charge is 2.11. The molecule has 0 atom stereocenters. The summed E-state index contributed by atoms with van der Waals surface area (Å²) in [4.78, 5) is 23.8. The Hall–Kier alpha value is -2.65. The van der Waals surface area contributed by atoms with Gasteiger partial charge < -0.3 is 4.98 Å². The van der Waals surface area contributed by atoms with E-state index in [1.54, 1.807) is 0 Å². The molecule has 0 spiro atoms. The number of aryl methyl sites for hydroxylation is 2. The lowest BCUT2D eigenvalue weighted by atomic mass is 10.1. The summed E-state index contributed by atoms with van der Waals surface area (Å²) in [6, 6.07) is 11.5. The number of nitrogens with zero attached hydrogens (tertiary/aromatic N) is 3. The van der Waals surface area contributed by atoms with Crippen LogP contribution >= 0.6 is 11.8 Å². The number of rotatable bonds is 3. The van der Waals surface area contributed by atoms with Crippen molar-refractivity contribution in [1.82, 2.24) is 15.0 Å². The summed E-state index contributed by atoms with van der Waals surface area (Å²) in [6.45, 7) is 3.78. The summed E-state index contributed by atoms with van der Waals surface area (Å²) in [5, 5.41) is 9.93. The first-order valence-electron chi connectivity index (χ1n) is 7.07. The van der Waals surface area contributed by atoms with Crippen molar-refractivity contribution >= 4 is 22.8 Å². The second-order valence-electron chi connectivity index (χ2n) is 5.19. The van der Waals surface area contributed by atoms with Gasteiger partial charge in [0.15, 0.2) is 0 Å². The minimum atomic E-state index is -0.209. The fraction of sp³-hybridized carbons (Fsp3) is 0.176. The number of H-pyrrole nitrogens is 1. The average Bonchev–Trinajstić information content (AvgIpc) is 2.52. The number of nitriles is 1. The Kier molecular flexibility index (Phi) is 4.13. The van der Waals surface area contributed by atoms with E-state index in [-0.39, 0.29) is 5.56 Å². The third kappa shape index (κ3) is 3.10. The minimum absolute atomic E-state index is 0.209. The normalized spacial score (nSPS) is 10.7. The van der Waals surface area contributed by atoms with Crippen LogP contribution in [0.5, 0.6) is 0 Å². The van der Waals surface area contributed by atoms with E-state index < -0.39 is 0 Å². The average molecular weight is 322 g/mol. The second kappa shape index (κ2) is 6.23. The molecule has 0 aliphatic heterocycles. The van der Waals surface area contributed by atoms with Gasteiger partial charge >= 0.3 is 0 Å². The fourth-order valence-electron chi connectivity index (χ4n) is 2.34. The molecular weight excluding hydrogens is 308 g/mol. The first kappa shape index (κ1) is 15.3. The number of para-hydroxylation sites is 2. The third-order valence-electron chi connectivity index (χ3n) is 3.44. The van der Waals surface area contributed by atoms with Crippen LogP contribution in [0.1, 0.15) is 22.5 Å². The highest BCUT2D eigenvalue weighted by molar-refractivity contribution is 7.98. The van der Waals surface area contributed by atoms with E-state index in [0.717, 1.165) is 16.8 Å². The second-order valence-corrected chi connectivity index (χ2v) is 6.15. The van der Waals surface area contributed by atoms with Crippen molar-refractivity contribution in [3.63, 3.8) is 0 Å². The van der Waals surface area contributed by atoms with Gasteiger partial charge in [-0.2, -0.15) is 5.26 Å². The maximum Gasteiger partial charge on any atom is 0.271 e. The van der Waals surface area contributed by atoms with Crippen molar-refractivity contribution < 1.29 is 0 Å². The Labute approximate surface area is 137 Å². The zero-order valence-electron chi connectivity index (χ0n) is 12.8. The molecule has 1 N–H and O–H groups in total. The predicted molar refractivity (Wildman–Crippen MR) is 90.4 cm³/mol. The molecule has 3 aromatic rings. The number of fused-ring (bicyclic) bond motifs is 1. The van der Waals surface area contributed by atoms with Crippen LogP contribution in [0.25, 0.3) is 11.0 Å². The molecule has 0 radical (unpaired) electrons. The van der Waals surface area contributed by atoms with E-state index in [2.05, 4.69) is 21.0 Å². The number of thioether (sulfide) groups is 1. The van der Waals surface area contributed by atoms with Gasteiger partial charge in [-0.15, -0.1) is 0 Å². The van der Waals surface area contributed by atoms with Gasteiger partial charge in [0.25, 0.3) is 5.56 Å². The predicted octanol–water partition coefficient (Wildman–Crippen LogP) is 3.10. The molecule has 0 saturated carbocycles. The van der Waals surface area contributed by atoms with Crippen LogP contribution < -0.4 is 5.56 Å². The number of aromatic amines is 1. The number of pyridine rings is 1. The van der Waals surface area contributed by atoms with E-state index >= 15 is 0 Å². The molecule has 0 amide bonds. The maximum atomic E-state index is 12.1. The first-order valence-corrected chi connectivity index (χ1v) is 8.06.